The molecule has 164 valence electrons. The number of amides is 1. The van der Waals surface area contributed by atoms with Gasteiger partial charge in [0.25, 0.3) is 0 Å². The molecule has 0 atom stereocenters. The third-order valence-corrected chi connectivity index (χ3v) is 4.46. The van der Waals surface area contributed by atoms with Crippen molar-refractivity contribution in [2.75, 3.05) is 25.3 Å². The van der Waals surface area contributed by atoms with Crippen molar-refractivity contribution in [1.82, 2.24) is 10.3 Å². The van der Waals surface area contributed by atoms with Gasteiger partial charge in [-0.3, -0.25) is 4.98 Å². The van der Waals surface area contributed by atoms with E-state index in [0.29, 0.717) is 23.7 Å². The maximum atomic E-state index is 11.8. The summed E-state index contributed by atoms with van der Waals surface area (Å²) in [5.74, 6) is 1.19. The number of hydrogen-bond acceptors (Lipinski definition) is 7. The number of carbonyl (C=O) groups is 1. The summed E-state index contributed by atoms with van der Waals surface area (Å²) in [5.41, 5.74) is 9.42. The van der Waals surface area contributed by atoms with Crippen LogP contribution in [0.2, 0.25) is 0 Å². The molecule has 0 saturated heterocycles. The molecular weight excluding hydrogens is 396 g/mol. The monoisotopic (exact) mass is 424 g/mol. The normalized spacial score (nSPS) is 11.1. The molecule has 0 aliphatic carbocycles. The Hall–Kier alpha value is -3.68. The van der Waals surface area contributed by atoms with Crippen molar-refractivity contribution >= 4 is 34.1 Å². The number of carbonyl (C=O) groups excluding carboxylic acids is 1. The summed E-state index contributed by atoms with van der Waals surface area (Å²) in [4.78, 5) is 16.2. The first-order valence-corrected chi connectivity index (χ1v) is 9.83. The molecule has 1 amide bonds. The summed E-state index contributed by atoms with van der Waals surface area (Å²) in [6, 6.07) is 11.3. The number of pyridine rings is 1. The van der Waals surface area contributed by atoms with Crippen LogP contribution in [0.4, 0.5) is 21.9 Å². The van der Waals surface area contributed by atoms with Crippen LogP contribution in [0.25, 0.3) is 10.9 Å². The lowest BCUT2D eigenvalue weighted by Gasteiger charge is -2.19. The molecule has 0 bridgehead atoms. The van der Waals surface area contributed by atoms with Crippen LogP contribution in [0.1, 0.15) is 26.3 Å². The van der Waals surface area contributed by atoms with E-state index in [1.54, 1.807) is 20.4 Å². The molecule has 1 aromatic heterocycles. The Bertz CT molecular complexity index is 1080. The summed E-state index contributed by atoms with van der Waals surface area (Å²) in [6.45, 7) is 5.85. The van der Waals surface area contributed by atoms with Gasteiger partial charge in [0.2, 0.25) is 0 Å². The minimum atomic E-state index is -0.530. The maximum absolute atomic E-state index is 11.8. The van der Waals surface area contributed by atoms with Crippen LogP contribution in [-0.4, -0.2) is 30.9 Å². The lowest BCUT2D eigenvalue weighted by atomic mass is 10.1. The van der Waals surface area contributed by atoms with Crippen molar-refractivity contribution in [2.45, 2.75) is 32.9 Å². The summed E-state index contributed by atoms with van der Waals surface area (Å²) >= 11 is 0. The summed E-state index contributed by atoms with van der Waals surface area (Å²) in [5, 5.41) is 6.91. The topological polar surface area (TPSA) is 108 Å². The van der Waals surface area contributed by atoms with Crippen LogP contribution < -0.4 is 25.8 Å². The molecule has 0 unspecified atom stereocenters. The number of nitrogens with two attached hydrogens (primary N) is 1. The zero-order valence-corrected chi connectivity index (χ0v) is 18.4. The van der Waals surface area contributed by atoms with Gasteiger partial charge < -0.3 is 30.6 Å². The van der Waals surface area contributed by atoms with E-state index in [1.807, 2.05) is 57.2 Å². The number of anilines is 3. The molecule has 4 N–H and O–H groups in total. The molecule has 3 rings (SSSR count). The quantitative estimate of drug-likeness (QED) is 0.531. The van der Waals surface area contributed by atoms with Crippen molar-refractivity contribution in [3.05, 3.63) is 48.2 Å². The highest BCUT2D eigenvalue weighted by atomic mass is 16.6. The second-order valence-electron chi connectivity index (χ2n) is 7.99. The predicted octanol–water partition coefficient (Wildman–Crippen LogP) is 4.60. The number of fused-ring (bicyclic) bond motifs is 1. The van der Waals surface area contributed by atoms with E-state index in [-0.39, 0.29) is 0 Å². The summed E-state index contributed by atoms with van der Waals surface area (Å²) in [7, 11) is 3.17. The van der Waals surface area contributed by atoms with Crippen LogP contribution in [0, 0.1) is 0 Å². The number of hydrogen-bond donors (Lipinski definition) is 3. The Morgan fingerprint density at radius 3 is 2.32 bits per heavy atom. The highest BCUT2D eigenvalue weighted by Crippen LogP contribution is 2.37. The number of ether oxygens (including phenoxy) is 3. The van der Waals surface area contributed by atoms with E-state index < -0.39 is 11.7 Å². The summed E-state index contributed by atoms with van der Waals surface area (Å²) in [6.07, 6.45) is 1.16. The molecule has 0 spiro atoms. The first-order chi connectivity index (χ1) is 14.7. The second-order valence-corrected chi connectivity index (χ2v) is 7.99. The van der Waals surface area contributed by atoms with E-state index in [1.165, 1.54) is 0 Å². The smallest absolute Gasteiger partial charge is 0.407 e. The van der Waals surface area contributed by atoms with Gasteiger partial charge in [-0.15, -0.1) is 0 Å². The molecule has 0 radical (unpaired) electrons. The SMILES string of the molecule is COc1cc2ncc(N)c(Nc3ccc(CNC(=O)OC(C)(C)C)cc3)c2cc1OC. The largest absolute Gasteiger partial charge is 0.493 e. The molecule has 2 aromatic carbocycles. The number of aromatic nitrogens is 1. The van der Waals surface area contributed by atoms with Gasteiger partial charge >= 0.3 is 6.09 Å². The fraction of sp³-hybridized carbons (Fsp3) is 0.304. The highest BCUT2D eigenvalue weighted by molar-refractivity contribution is 6.00. The summed E-state index contributed by atoms with van der Waals surface area (Å²) < 4.78 is 16.0. The third-order valence-electron chi connectivity index (χ3n) is 4.46. The minimum Gasteiger partial charge on any atom is -0.493 e. The molecule has 8 nitrogen and oxygen atoms in total. The van der Waals surface area contributed by atoms with Gasteiger partial charge in [0.05, 0.1) is 37.3 Å². The second kappa shape index (κ2) is 8.99. The van der Waals surface area contributed by atoms with Crippen LogP contribution in [0.3, 0.4) is 0 Å². The molecule has 0 aliphatic heterocycles. The molecule has 0 saturated carbocycles. The van der Waals surface area contributed by atoms with E-state index in [2.05, 4.69) is 15.6 Å². The van der Waals surface area contributed by atoms with Gasteiger partial charge in [-0.05, 0) is 44.5 Å². The number of benzene rings is 2. The minimum absolute atomic E-state index is 0.368. The third kappa shape index (κ3) is 5.48. The first-order valence-electron chi connectivity index (χ1n) is 9.83. The molecule has 31 heavy (non-hydrogen) atoms. The number of nitrogens with one attached hydrogen (secondary N) is 2. The van der Waals surface area contributed by atoms with Crippen molar-refractivity contribution in [3.8, 4) is 11.5 Å². The van der Waals surface area contributed by atoms with Crippen LogP contribution in [0.5, 0.6) is 11.5 Å². The fourth-order valence-electron chi connectivity index (χ4n) is 3.01. The Kier molecular flexibility index (Phi) is 6.39. The van der Waals surface area contributed by atoms with E-state index in [4.69, 9.17) is 19.9 Å². The van der Waals surface area contributed by atoms with Crippen molar-refractivity contribution in [3.63, 3.8) is 0 Å². The Morgan fingerprint density at radius 1 is 1.06 bits per heavy atom. The number of methoxy groups -OCH3 is 2. The van der Waals surface area contributed by atoms with Crippen LogP contribution in [0.15, 0.2) is 42.6 Å². The number of nitrogens with zero attached hydrogens (tertiary/aromatic N) is 1. The van der Waals surface area contributed by atoms with Gasteiger partial charge in [0, 0.05) is 23.7 Å². The predicted molar refractivity (Wildman–Crippen MR) is 122 cm³/mol. The number of nitrogen functional groups attached to an aromatic ring is 1. The van der Waals surface area contributed by atoms with Gasteiger partial charge in [-0.2, -0.15) is 0 Å². The molecule has 1 heterocycles. The Balaban J connectivity index is 1.78. The van der Waals surface area contributed by atoms with E-state index in [9.17, 15) is 4.79 Å². The standard InChI is InChI=1S/C23H28N4O4/c1-23(2,3)31-22(28)26-12-14-6-8-15(9-7-14)27-21-16-10-19(29-4)20(30-5)11-18(16)25-13-17(21)24/h6-11,13H,12,24H2,1-5H3,(H,25,27)(H,26,28). The van der Waals surface area contributed by atoms with Gasteiger partial charge in [0.15, 0.2) is 11.5 Å². The number of rotatable bonds is 6. The average molecular weight is 425 g/mol. The van der Waals surface area contributed by atoms with Gasteiger partial charge in [0.1, 0.15) is 5.60 Å². The Morgan fingerprint density at radius 2 is 1.71 bits per heavy atom. The zero-order valence-electron chi connectivity index (χ0n) is 18.4. The lowest BCUT2D eigenvalue weighted by molar-refractivity contribution is 0.0523. The van der Waals surface area contributed by atoms with Gasteiger partial charge in [-0.25, -0.2) is 4.79 Å². The molecular formula is C23H28N4O4. The van der Waals surface area contributed by atoms with Crippen molar-refractivity contribution < 1.29 is 19.0 Å². The Labute approximate surface area is 181 Å². The molecule has 0 fully saturated rings. The molecule has 8 heteroatoms. The van der Waals surface area contributed by atoms with Crippen molar-refractivity contribution in [2.24, 2.45) is 0 Å². The first kappa shape index (κ1) is 22.0. The van der Waals surface area contributed by atoms with Gasteiger partial charge in [-0.1, -0.05) is 12.1 Å². The van der Waals surface area contributed by atoms with Crippen LogP contribution >= 0.6 is 0 Å². The zero-order chi connectivity index (χ0) is 22.6. The molecule has 0 aliphatic rings. The van der Waals surface area contributed by atoms with Crippen molar-refractivity contribution in [1.29, 1.82) is 0 Å². The lowest BCUT2D eigenvalue weighted by Crippen LogP contribution is -2.32. The maximum Gasteiger partial charge on any atom is 0.407 e. The number of alkyl carbamates (subject to hydrolysis) is 1. The van der Waals surface area contributed by atoms with E-state index >= 15 is 0 Å². The van der Waals surface area contributed by atoms with Crippen LogP contribution in [-0.2, 0) is 11.3 Å². The average Bonchev–Trinajstić information content (AvgIpc) is 2.73. The highest BCUT2D eigenvalue weighted by Gasteiger charge is 2.16. The van der Waals surface area contributed by atoms with E-state index in [0.717, 1.165) is 27.8 Å². The molecule has 3 aromatic rings. The fourth-order valence-corrected chi connectivity index (χ4v) is 3.01.